The SMILES string of the molecule is CCN(CCC(=O)O)CC1Cc2cc(C)ccc2O1. The van der Waals surface area contributed by atoms with Crippen LogP contribution in [-0.4, -0.2) is 41.7 Å². The number of carboxylic acids is 1. The summed E-state index contributed by atoms with van der Waals surface area (Å²) in [6.45, 7) is 6.36. The number of hydrogen-bond acceptors (Lipinski definition) is 3. The Morgan fingerprint density at radius 1 is 1.53 bits per heavy atom. The van der Waals surface area contributed by atoms with Gasteiger partial charge in [-0.2, -0.15) is 0 Å². The average molecular weight is 263 g/mol. The highest BCUT2D eigenvalue weighted by atomic mass is 16.5. The Labute approximate surface area is 114 Å². The van der Waals surface area contributed by atoms with Gasteiger partial charge in [-0.05, 0) is 25.1 Å². The van der Waals surface area contributed by atoms with Gasteiger partial charge in [0.2, 0.25) is 0 Å². The normalized spacial score (nSPS) is 17.3. The van der Waals surface area contributed by atoms with Crippen molar-refractivity contribution in [2.45, 2.75) is 32.8 Å². The number of nitrogens with zero attached hydrogens (tertiary/aromatic N) is 1. The molecule has 104 valence electrons. The summed E-state index contributed by atoms with van der Waals surface area (Å²) in [6.07, 6.45) is 1.25. The smallest absolute Gasteiger partial charge is 0.304 e. The van der Waals surface area contributed by atoms with Crippen LogP contribution in [0.2, 0.25) is 0 Å². The lowest BCUT2D eigenvalue weighted by molar-refractivity contribution is -0.137. The third-order valence-electron chi connectivity index (χ3n) is 3.51. The zero-order valence-corrected chi connectivity index (χ0v) is 11.6. The van der Waals surface area contributed by atoms with E-state index in [9.17, 15) is 4.79 Å². The van der Waals surface area contributed by atoms with Crippen molar-refractivity contribution in [3.8, 4) is 5.75 Å². The Kier molecular flexibility index (Phi) is 4.43. The van der Waals surface area contributed by atoms with Crippen LogP contribution in [0.3, 0.4) is 0 Å². The third-order valence-corrected chi connectivity index (χ3v) is 3.51. The molecule has 1 aromatic rings. The predicted octanol–water partition coefficient (Wildman–Crippen LogP) is 2.10. The predicted molar refractivity (Wildman–Crippen MR) is 73.7 cm³/mol. The molecule has 1 aromatic carbocycles. The molecule has 1 heterocycles. The van der Waals surface area contributed by atoms with Crippen LogP contribution in [0, 0.1) is 6.92 Å². The first-order chi connectivity index (χ1) is 9.08. The van der Waals surface area contributed by atoms with Crippen LogP contribution >= 0.6 is 0 Å². The quantitative estimate of drug-likeness (QED) is 0.854. The van der Waals surface area contributed by atoms with E-state index in [-0.39, 0.29) is 12.5 Å². The molecule has 0 aliphatic carbocycles. The number of carboxylic acid groups (broad SMARTS) is 1. The van der Waals surface area contributed by atoms with Gasteiger partial charge in [-0.3, -0.25) is 9.69 Å². The minimum atomic E-state index is -0.746. The maximum Gasteiger partial charge on any atom is 0.304 e. The van der Waals surface area contributed by atoms with E-state index >= 15 is 0 Å². The van der Waals surface area contributed by atoms with E-state index in [0.717, 1.165) is 25.3 Å². The number of benzene rings is 1. The number of hydrogen-bond donors (Lipinski definition) is 1. The van der Waals surface area contributed by atoms with E-state index in [1.54, 1.807) is 0 Å². The Morgan fingerprint density at radius 2 is 2.32 bits per heavy atom. The van der Waals surface area contributed by atoms with Crippen LogP contribution < -0.4 is 4.74 Å². The molecule has 0 fully saturated rings. The molecule has 1 N–H and O–H groups in total. The van der Waals surface area contributed by atoms with Gasteiger partial charge in [0.05, 0.1) is 6.42 Å². The van der Waals surface area contributed by atoms with Crippen LogP contribution in [0.25, 0.3) is 0 Å². The van der Waals surface area contributed by atoms with E-state index in [0.29, 0.717) is 6.54 Å². The fraction of sp³-hybridized carbons (Fsp3) is 0.533. The topological polar surface area (TPSA) is 49.8 Å². The van der Waals surface area contributed by atoms with Crippen molar-refractivity contribution >= 4 is 5.97 Å². The molecule has 0 bridgehead atoms. The summed E-state index contributed by atoms with van der Waals surface area (Å²) in [4.78, 5) is 12.8. The molecular weight excluding hydrogens is 242 g/mol. The van der Waals surface area contributed by atoms with Gasteiger partial charge in [0.1, 0.15) is 11.9 Å². The van der Waals surface area contributed by atoms with Crippen molar-refractivity contribution < 1.29 is 14.6 Å². The lowest BCUT2D eigenvalue weighted by atomic mass is 10.1. The molecule has 4 nitrogen and oxygen atoms in total. The molecule has 2 rings (SSSR count). The number of rotatable bonds is 6. The van der Waals surface area contributed by atoms with E-state index in [1.807, 2.05) is 13.0 Å². The van der Waals surface area contributed by atoms with Crippen LogP contribution in [0.15, 0.2) is 18.2 Å². The van der Waals surface area contributed by atoms with Gasteiger partial charge in [0.25, 0.3) is 0 Å². The molecule has 0 saturated heterocycles. The van der Waals surface area contributed by atoms with Crippen LogP contribution in [0.1, 0.15) is 24.5 Å². The number of fused-ring (bicyclic) bond motifs is 1. The van der Waals surface area contributed by atoms with Gasteiger partial charge >= 0.3 is 5.97 Å². The van der Waals surface area contributed by atoms with Crippen molar-refractivity contribution in [3.63, 3.8) is 0 Å². The monoisotopic (exact) mass is 263 g/mol. The standard InChI is InChI=1S/C15H21NO3/c1-3-16(7-6-15(17)18)10-13-9-12-8-11(2)4-5-14(12)19-13/h4-5,8,13H,3,6-7,9-10H2,1-2H3,(H,17,18). The van der Waals surface area contributed by atoms with Gasteiger partial charge < -0.3 is 9.84 Å². The molecule has 0 aromatic heterocycles. The van der Waals surface area contributed by atoms with Gasteiger partial charge in [-0.1, -0.05) is 24.6 Å². The first-order valence-electron chi connectivity index (χ1n) is 6.78. The van der Waals surface area contributed by atoms with Gasteiger partial charge in [0.15, 0.2) is 0 Å². The molecule has 1 unspecified atom stereocenters. The zero-order valence-electron chi connectivity index (χ0n) is 11.6. The molecule has 19 heavy (non-hydrogen) atoms. The zero-order chi connectivity index (χ0) is 13.8. The fourth-order valence-corrected chi connectivity index (χ4v) is 2.47. The number of aliphatic carboxylic acids is 1. The highest BCUT2D eigenvalue weighted by molar-refractivity contribution is 5.66. The summed E-state index contributed by atoms with van der Waals surface area (Å²) in [5.41, 5.74) is 2.51. The van der Waals surface area contributed by atoms with E-state index < -0.39 is 5.97 Å². The molecule has 1 aliphatic rings. The van der Waals surface area contributed by atoms with Gasteiger partial charge in [-0.25, -0.2) is 0 Å². The van der Waals surface area contributed by atoms with E-state index in [1.165, 1.54) is 11.1 Å². The Balaban J connectivity index is 1.89. The average Bonchev–Trinajstić information content (AvgIpc) is 2.75. The number of ether oxygens (including phenoxy) is 1. The molecule has 1 atom stereocenters. The van der Waals surface area contributed by atoms with Crippen molar-refractivity contribution in [2.24, 2.45) is 0 Å². The minimum absolute atomic E-state index is 0.144. The van der Waals surface area contributed by atoms with Gasteiger partial charge in [0, 0.05) is 19.5 Å². The second kappa shape index (κ2) is 6.06. The van der Waals surface area contributed by atoms with Crippen molar-refractivity contribution in [3.05, 3.63) is 29.3 Å². The summed E-state index contributed by atoms with van der Waals surface area (Å²) in [5.74, 6) is 0.231. The molecule has 0 amide bonds. The third kappa shape index (κ3) is 3.70. The summed E-state index contributed by atoms with van der Waals surface area (Å²) in [6, 6.07) is 6.25. The first-order valence-corrected chi connectivity index (χ1v) is 6.78. The first kappa shape index (κ1) is 13.9. The Hall–Kier alpha value is -1.55. The molecule has 0 spiro atoms. The minimum Gasteiger partial charge on any atom is -0.488 e. The second-order valence-corrected chi connectivity index (χ2v) is 5.09. The number of aryl methyl sites for hydroxylation is 1. The van der Waals surface area contributed by atoms with Crippen LogP contribution in [-0.2, 0) is 11.2 Å². The molecule has 1 aliphatic heterocycles. The molecule has 0 saturated carbocycles. The summed E-state index contributed by atoms with van der Waals surface area (Å²) in [7, 11) is 0. The number of likely N-dealkylation sites (N-methyl/N-ethyl adjacent to an activating group) is 1. The maximum atomic E-state index is 10.6. The highest BCUT2D eigenvalue weighted by Crippen LogP contribution is 2.29. The maximum absolute atomic E-state index is 10.6. The fourth-order valence-electron chi connectivity index (χ4n) is 2.47. The van der Waals surface area contributed by atoms with Crippen molar-refractivity contribution in [2.75, 3.05) is 19.6 Å². The summed E-state index contributed by atoms with van der Waals surface area (Å²) in [5, 5.41) is 8.73. The van der Waals surface area contributed by atoms with Gasteiger partial charge in [-0.15, -0.1) is 0 Å². The molecule has 0 radical (unpaired) electrons. The second-order valence-electron chi connectivity index (χ2n) is 5.09. The highest BCUT2D eigenvalue weighted by Gasteiger charge is 2.24. The van der Waals surface area contributed by atoms with E-state index in [2.05, 4.69) is 24.0 Å². The van der Waals surface area contributed by atoms with Crippen LogP contribution in [0.4, 0.5) is 0 Å². The molecule has 4 heteroatoms. The van der Waals surface area contributed by atoms with Crippen LogP contribution in [0.5, 0.6) is 5.75 Å². The van der Waals surface area contributed by atoms with Crippen molar-refractivity contribution in [1.82, 2.24) is 4.90 Å². The number of carbonyl (C=O) groups is 1. The van der Waals surface area contributed by atoms with E-state index in [4.69, 9.17) is 9.84 Å². The molecular formula is C15H21NO3. The lowest BCUT2D eigenvalue weighted by Crippen LogP contribution is -2.36. The lowest BCUT2D eigenvalue weighted by Gasteiger charge is -2.23. The Bertz CT molecular complexity index is 459. The largest absolute Gasteiger partial charge is 0.488 e. The summed E-state index contributed by atoms with van der Waals surface area (Å²) >= 11 is 0. The Morgan fingerprint density at radius 3 is 3.00 bits per heavy atom. The summed E-state index contributed by atoms with van der Waals surface area (Å²) < 4.78 is 5.91. The van der Waals surface area contributed by atoms with Crippen molar-refractivity contribution in [1.29, 1.82) is 0 Å².